The summed E-state index contributed by atoms with van der Waals surface area (Å²) in [7, 11) is 3.00. The fourth-order valence-corrected chi connectivity index (χ4v) is 1.96. The maximum absolute atomic E-state index is 14.1. The van der Waals surface area contributed by atoms with Crippen LogP contribution in [0.1, 0.15) is 18.4 Å². The minimum Gasteiger partial charge on any atom is -0.497 e. The van der Waals surface area contributed by atoms with E-state index in [1.165, 1.54) is 7.11 Å². The number of ether oxygens (including phenoxy) is 2. The Labute approximate surface area is 94.3 Å². The van der Waals surface area contributed by atoms with Crippen molar-refractivity contribution in [1.29, 1.82) is 0 Å². The molecule has 0 amide bonds. The quantitative estimate of drug-likeness (QED) is 0.850. The van der Waals surface area contributed by atoms with Gasteiger partial charge >= 0.3 is 0 Å². The lowest BCUT2D eigenvalue weighted by Crippen LogP contribution is -2.21. The maximum atomic E-state index is 14.1. The first-order valence-electron chi connectivity index (χ1n) is 5.29. The Morgan fingerprint density at radius 3 is 2.44 bits per heavy atom. The molecule has 0 heterocycles. The zero-order chi connectivity index (χ0) is 11.8. The Bertz CT molecular complexity index is 402. The van der Waals surface area contributed by atoms with Gasteiger partial charge in [0.2, 0.25) is 0 Å². The van der Waals surface area contributed by atoms with Gasteiger partial charge in [-0.15, -0.1) is 0 Å². The van der Waals surface area contributed by atoms with Crippen molar-refractivity contribution < 1.29 is 13.9 Å². The van der Waals surface area contributed by atoms with Crippen molar-refractivity contribution in [1.82, 2.24) is 0 Å². The minimum atomic E-state index is -0.314. The van der Waals surface area contributed by atoms with E-state index in [4.69, 9.17) is 15.2 Å². The molecule has 0 atom stereocenters. The average molecular weight is 225 g/mol. The van der Waals surface area contributed by atoms with E-state index in [1.54, 1.807) is 19.2 Å². The molecule has 0 unspecified atom stereocenters. The van der Waals surface area contributed by atoms with Crippen LogP contribution in [0.4, 0.5) is 4.39 Å². The second-order valence-electron chi connectivity index (χ2n) is 4.18. The van der Waals surface area contributed by atoms with E-state index < -0.39 is 0 Å². The number of halogens is 1. The number of rotatable bonds is 4. The zero-order valence-corrected chi connectivity index (χ0v) is 9.55. The van der Waals surface area contributed by atoms with E-state index in [9.17, 15) is 4.39 Å². The number of hydrogen-bond donors (Lipinski definition) is 1. The van der Waals surface area contributed by atoms with Crippen LogP contribution in [-0.4, -0.2) is 20.8 Å². The molecule has 0 bridgehead atoms. The first-order chi connectivity index (χ1) is 7.66. The molecule has 0 aromatic heterocycles. The monoisotopic (exact) mass is 225 g/mol. The average Bonchev–Trinajstić information content (AvgIpc) is 3.10. The van der Waals surface area contributed by atoms with E-state index in [1.807, 2.05) is 0 Å². The van der Waals surface area contributed by atoms with Crippen LogP contribution in [-0.2, 0) is 5.41 Å². The Kier molecular flexibility index (Phi) is 2.76. The van der Waals surface area contributed by atoms with Crippen LogP contribution < -0.4 is 15.2 Å². The number of hydrogen-bond acceptors (Lipinski definition) is 3. The van der Waals surface area contributed by atoms with E-state index in [0.29, 0.717) is 17.9 Å². The molecule has 88 valence electrons. The molecule has 1 aliphatic rings. The molecule has 16 heavy (non-hydrogen) atoms. The van der Waals surface area contributed by atoms with Crippen LogP contribution in [0.25, 0.3) is 0 Å². The van der Waals surface area contributed by atoms with Crippen LogP contribution in [0.2, 0.25) is 0 Å². The number of benzene rings is 1. The zero-order valence-electron chi connectivity index (χ0n) is 9.55. The predicted octanol–water partition coefficient (Wildman–Crippen LogP) is 1.83. The van der Waals surface area contributed by atoms with Crippen molar-refractivity contribution >= 4 is 0 Å². The van der Waals surface area contributed by atoms with Crippen molar-refractivity contribution in [3.63, 3.8) is 0 Å². The third-order valence-electron chi connectivity index (χ3n) is 3.28. The summed E-state index contributed by atoms with van der Waals surface area (Å²) in [4.78, 5) is 0. The predicted molar refractivity (Wildman–Crippen MR) is 59.5 cm³/mol. The largest absolute Gasteiger partial charge is 0.497 e. The molecule has 4 heteroatoms. The van der Waals surface area contributed by atoms with Crippen molar-refractivity contribution in [3.05, 3.63) is 23.5 Å². The molecule has 0 radical (unpaired) electrons. The van der Waals surface area contributed by atoms with E-state index in [0.717, 1.165) is 12.8 Å². The van der Waals surface area contributed by atoms with Crippen LogP contribution >= 0.6 is 0 Å². The van der Waals surface area contributed by atoms with Crippen LogP contribution in [0.15, 0.2) is 12.1 Å². The van der Waals surface area contributed by atoms with Gasteiger partial charge in [0.15, 0.2) is 11.6 Å². The Hall–Kier alpha value is -1.29. The van der Waals surface area contributed by atoms with E-state index in [-0.39, 0.29) is 17.0 Å². The molecule has 3 nitrogen and oxygen atoms in total. The fourth-order valence-electron chi connectivity index (χ4n) is 1.96. The lowest BCUT2D eigenvalue weighted by molar-refractivity contribution is 0.368. The van der Waals surface area contributed by atoms with Gasteiger partial charge in [-0.25, -0.2) is 4.39 Å². The summed E-state index contributed by atoms with van der Waals surface area (Å²) in [5.74, 6) is 0.508. The van der Waals surface area contributed by atoms with E-state index >= 15 is 0 Å². The normalized spacial score (nSPS) is 17.0. The second kappa shape index (κ2) is 3.94. The first kappa shape index (κ1) is 11.2. The van der Waals surface area contributed by atoms with Crippen LogP contribution in [0, 0.1) is 5.82 Å². The highest BCUT2D eigenvalue weighted by Gasteiger charge is 2.45. The van der Waals surface area contributed by atoms with Crippen LogP contribution in [0.5, 0.6) is 11.5 Å². The van der Waals surface area contributed by atoms with Gasteiger partial charge in [0.1, 0.15) is 5.75 Å². The highest BCUT2D eigenvalue weighted by molar-refractivity contribution is 5.46. The fraction of sp³-hybridized carbons (Fsp3) is 0.500. The molecule has 0 saturated heterocycles. The summed E-state index contributed by atoms with van der Waals surface area (Å²) in [6, 6.07) is 3.27. The molecule has 1 aromatic rings. The van der Waals surface area contributed by atoms with Crippen LogP contribution in [0.3, 0.4) is 0 Å². The highest BCUT2D eigenvalue weighted by Crippen LogP contribution is 2.50. The Balaban J connectivity index is 2.51. The van der Waals surface area contributed by atoms with Crippen molar-refractivity contribution in [2.75, 3.05) is 20.8 Å². The Morgan fingerprint density at radius 1 is 1.31 bits per heavy atom. The van der Waals surface area contributed by atoms with Gasteiger partial charge in [0.25, 0.3) is 0 Å². The van der Waals surface area contributed by atoms with Gasteiger partial charge in [-0.2, -0.15) is 0 Å². The number of nitrogens with two attached hydrogens (primary N) is 1. The molecule has 2 rings (SSSR count). The molecular weight excluding hydrogens is 209 g/mol. The van der Waals surface area contributed by atoms with Gasteiger partial charge in [0, 0.05) is 23.6 Å². The third kappa shape index (κ3) is 1.63. The summed E-state index contributed by atoms with van der Waals surface area (Å²) < 4.78 is 24.2. The molecule has 1 saturated carbocycles. The minimum absolute atomic E-state index is 0.202. The van der Waals surface area contributed by atoms with Gasteiger partial charge in [0.05, 0.1) is 14.2 Å². The van der Waals surface area contributed by atoms with Crippen molar-refractivity contribution in [2.24, 2.45) is 5.73 Å². The summed E-state index contributed by atoms with van der Waals surface area (Å²) in [5, 5.41) is 0. The van der Waals surface area contributed by atoms with Crippen molar-refractivity contribution in [2.45, 2.75) is 18.3 Å². The standard InChI is InChI=1S/C12H16FNO2/c1-15-8-5-9(12(7-14)3-4-12)11(13)10(6-8)16-2/h5-6H,3-4,7,14H2,1-2H3. The molecule has 1 aliphatic carbocycles. The molecule has 0 aliphatic heterocycles. The molecule has 1 aromatic carbocycles. The summed E-state index contributed by atoms with van der Waals surface area (Å²) >= 11 is 0. The van der Waals surface area contributed by atoms with Gasteiger partial charge in [-0.05, 0) is 18.9 Å². The van der Waals surface area contributed by atoms with E-state index in [2.05, 4.69) is 0 Å². The molecule has 0 spiro atoms. The van der Waals surface area contributed by atoms with Gasteiger partial charge < -0.3 is 15.2 Å². The lowest BCUT2D eigenvalue weighted by Gasteiger charge is -2.17. The maximum Gasteiger partial charge on any atom is 0.169 e. The molecule has 2 N–H and O–H groups in total. The highest BCUT2D eigenvalue weighted by atomic mass is 19.1. The topological polar surface area (TPSA) is 44.5 Å². The summed E-state index contributed by atoms with van der Waals surface area (Å²) in [5.41, 5.74) is 6.12. The molecule has 1 fully saturated rings. The number of methoxy groups -OCH3 is 2. The first-order valence-corrected chi connectivity index (χ1v) is 5.29. The summed E-state index contributed by atoms with van der Waals surface area (Å²) in [6.07, 6.45) is 1.85. The van der Waals surface area contributed by atoms with Crippen molar-refractivity contribution in [3.8, 4) is 11.5 Å². The lowest BCUT2D eigenvalue weighted by atomic mass is 9.95. The second-order valence-corrected chi connectivity index (χ2v) is 4.18. The van der Waals surface area contributed by atoms with Gasteiger partial charge in [-0.1, -0.05) is 0 Å². The molecular formula is C12H16FNO2. The smallest absolute Gasteiger partial charge is 0.169 e. The SMILES string of the molecule is COc1cc(OC)c(F)c(C2(CN)CC2)c1. The van der Waals surface area contributed by atoms with Gasteiger partial charge in [-0.3, -0.25) is 0 Å². The summed E-state index contributed by atoms with van der Waals surface area (Å²) in [6.45, 7) is 0.459. The Morgan fingerprint density at radius 2 is 2.00 bits per heavy atom. The third-order valence-corrected chi connectivity index (χ3v) is 3.28.